The molecule has 1 amide bonds. The highest BCUT2D eigenvalue weighted by molar-refractivity contribution is 7.91. The zero-order chi connectivity index (χ0) is 12.5. The summed E-state index contributed by atoms with van der Waals surface area (Å²) < 4.78 is 22.6. The molecule has 0 aromatic carbocycles. The second kappa shape index (κ2) is 4.96. The summed E-state index contributed by atoms with van der Waals surface area (Å²) in [7, 11) is -2.95. The van der Waals surface area contributed by atoms with Gasteiger partial charge in [0, 0.05) is 6.04 Å². The lowest BCUT2D eigenvalue weighted by atomic mass is 9.87. The van der Waals surface area contributed by atoms with Crippen LogP contribution in [0.4, 0.5) is 0 Å². The topological polar surface area (TPSA) is 63.2 Å². The third-order valence-electron chi connectivity index (χ3n) is 3.97. The quantitative estimate of drug-likeness (QED) is 0.808. The van der Waals surface area contributed by atoms with Crippen molar-refractivity contribution in [2.24, 2.45) is 11.8 Å². The number of hydrogen-bond donors (Lipinski definition) is 1. The lowest BCUT2D eigenvalue weighted by molar-refractivity contribution is -0.125. The molecule has 5 heteroatoms. The van der Waals surface area contributed by atoms with Crippen LogP contribution in [0.25, 0.3) is 0 Å². The molecule has 0 aromatic heterocycles. The second-order valence-electron chi connectivity index (χ2n) is 5.57. The highest BCUT2D eigenvalue weighted by Gasteiger charge is 2.34. The maximum Gasteiger partial charge on any atom is 0.224 e. The maximum absolute atomic E-state index is 11.9. The van der Waals surface area contributed by atoms with E-state index >= 15 is 0 Å². The lowest BCUT2D eigenvalue weighted by Crippen LogP contribution is -2.41. The van der Waals surface area contributed by atoms with Gasteiger partial charge in [0.15, 0.2) is 9.84 Å². The average molecular weight is 259 g/mol. The summed E-state index contributed by atoms with van der Waals surface area (Å²) in [5, 5.41) is 3.02. The van der Waals surface area contributed by atoms with Gasteiger partial charge in [0.05, 0.1) is 17.4 Å². The number of nitrogens with one attached hydrogen (secondary N) is 1. The van der Waals surface area contributed by atoms with Crippen molar-refractivity contribution in [3.63, 3.8) is 0 Å². The molecule has 0 aromatic rings. The van der Waals surface area contributed by atoms with Gasteiger partial charge in [-0.2, -0.15) is 0 Å². The van der Waals surface area contributed by atoms with E-state index in [0.717, 1.165) is 31.6 Å². The van der Waals surface area contributed by atoms with E-state index in [-0.39, 0.29) is 29.4 Å². The summed E-state index contributed by atoms with van der Waals surface area (Å²) in [6, 6.07) is 0.266. The standard InChI is InChI=1S/C12H21NO3S/c1-9-2-4-11(5-3-9)13-12(14)10-6-7-17(15,16)8-10/h9-11H,2-8H2,1H3,(H,13,14)/t9?,10-,11?/m0/s1. The monoisotopic (exact) mass is 259 g/mol. The molecule has 1 N–H and O–H groups in total. The molecule has 0 radical (unpaired) electrons. The van der Waals surface area contributed by atoms with Crippen molar-refractivity contribution >= 4 is 15.7 Å². The van der Waals surface area contributed by atoms with Crippen LogP contribution in [-0.4, -0.2) is 31.9 Å². The summed E-state index contributed by atoms with van der Waals surface area (Å²) in [5.74, 6) is 0.620. The van der Waals surface area contributed by atoms with Gasteiger partial charge in [-0.05, 0) is 38.0 Å². The van der Waals surface area contributed by atoms with Gasteiger partial charge in [-0.3, -0.25) is 4.79 Å². The second-order valence-corrected chi connectivity index (χ2v) is 7.79. The summed E-state index contributed by atoms with van der Waals surface area (Å²) in [4.78, 5) is 11.9. The molecular weight excluding hydrogens is 238 g/mol. The van der Waals surface area contributed by atoms with Crippen LogP contribution in [0.2, 0.25) is 0 Å². The molecule has 1 aliphatic heterocycles. The summed E-state index contributed by atoms with van der Waals surface area (Å²) in [6.45, 7) is 2.24. The van der Waals surface area contributed by atoms with Crippen LogP contribution in [0.5, 0.6) is 0 Å². The molecule has 17 heavy (non-hydrogen) atoms. The minimum Gasteiger partial charge on any atom is -0.353 e. The third kappa shape index (κ3) is 3.44. The molecule has 0 bridgehead atoms. The molecule has 2 aliphatic rings. The fourth-order valence-electron chi connectivity index (χ4n) is 2.73. The molecule has 1 heterocycles. The van der Waals surface area contributed by atoms with Crippen molar-refractivity contribution in [1.82, 2.24) is 5.32 Å². The van der Waals surface area contributed by atoms with Crippen molar-refractivity contribution in [1.29, 1.82) is 0 Å². The number of hydrogen-bond acceptors (Lipinski definition) is 3. The van der Waals surface area contributed by atoms with Crippen molar-refractivity contribution in [2.45, 2.75) is 45.1 Å². The first-order valence-corrected chi connectivity index (χ1v) is 8.29. The minimum atomic E-state index is -2.95. The van der Waals surface area contributed by atoms with E-state index in [2.05, 4.69) is 12.2 Å². The number of amides is 1. The van der Waals surface area contributed by atoms with Gasteiger partial charge in [0.1, 0.15) is 0 Å². The molecule has 1 saturated carbocycles. The van der Waals surface area contributed by atoms with Gasteiger partial charge >= 0.3 is 0 Å². The Balaban J connectivity index is 1.82. The van der Waals surface area contributed by atoms with Crippen LogP contribution in [0.3, 0.4) is 0 Å². The Bertz CT molecular complexity index is 383. The van der Waals surface area contributed by atoms with Crippen molar-refractivity contribution in [3.8, 4) is 0 Å². The normalized spacial score (nSPS) is 36.6. The number of carbonyl (C=O) groups excluding carboxylic acids is 1. The SMILES string of the molecule is CC1CCC(NC(=O)[C@H]2CCS(=O)(=O)C2)CC1. The van der Waals surface area contributed by atoms with E-state index in [1.165, 1.54) is 0 Å². The number of rotatable bonds is 2. The molecule has 1 aliphatic carbocycles. The van der Waals surface area contributed by atoms with Gasteiger partial charge in [-0.1, -0.05) is 6.92 Å². The average Bonchev–Trinajstić information content (AvgIpc) is 2.62. The van der Waals surface area contributed by atoms with Crippen molar-refractivity contribution < 1.29 is 13.2 Å². The Hall–Kier alpha value is -0.580. The van der Waals surface area contributed by atoms with Crippen LogP contribution in [0.1, 0.15) is 39.0 Å². The van der Waals surface area contributed by atoms with E-state index in [0.29, 0.717) is 6.42 Å². The van der Waals surface area contributed by atoms with Crippen LogP contribution in [0.15, 0.2) is 0 Å². The summed E-state index contributed by atoms with van der Waals surface area (Å²) in [6.07, 6.45) is 4.89. The van der Waals surface area contributed by atoms with Gasteiger partial charge < -0.3 is 5.32 Å². The van der Waals surface area contributed by atoms with Crippen molar-refractivity contribution in [2.75, 3.05) is 11.5 Å². The first-order valence-electron chi connectivity index (χ1n) is 6.47. The molecule has 4 nitrogen and oxygen atoms in total. The Labute approximate surface area is 103 Å². The molecule has 98 valence electrons. The smallest absolute Gasteiger partial charge is 0.224 e. The Morgan fingerprint density at radius 2 is 1.76 bits per heavy atom. The van der Waals surface area contributed by atoms with Crippen LogP contribution in [0, 0.1) is 11.8 Å². The maximum atomic E-state index is 11.9. The Morgan fingerprint density at radius 1 is 1.12 bits per heavy atom. The van der Waals surface area contributed by atoms with E-state index in [1.807, 2.05) is 0 Å². The molecule has 1 saturated heterocycles. The summed E-state index contributed by atoms with van der Waals surface area (Å²) in [5.41, 5.74) is 0. The van der Waals surface area contributed by atoms with E-state index in [9.17, 15) is 13.2 Å². The van der Waals surface area contributed by atoms with Crippen LogP contribution < -0.4 is 5.32 Å². The molecule has 0 spiro atoms. The van der Waals surface area contributed by atoms with E-state index in [4.69, 9.17) is 0 Å². The van der Waals surface area contributed by atoms with Crippen molar-refractivity contribution in [3.05, 3.63) is 0 Å². The number of carbonyl (C=O) groups is 1. The molecule has 0 unspecified atom stereocenters. The highest BCUT2D eigenvalue weighted by atomic mass is 32.2. The minimum absolute atomic E-state index is 0.0436. The van der Waals surface area contributed by atoms with E-state index < -0.39 is 9.84 Å². The first-order chi connectivity index (χ1) is 7.96. The number of sulfone groups is 1. The summed E-state index contributed by atoms with van der Waals surface area (Å²) >= 11 is 0. The third-order valence-corrected chi connectivity index (χ3v) is 5.73. The van der Waals surface area contributed by atoms with Gasteiger partial charge in [0.2, 0.25) is 5.91 Å². The van der Waals surface area contributed by atoms with Crippen LogP contribution in [-0.2, 0) is 14.6 Å². The molecule has 2 fully saturated rings. The van der Waals surface area contributed by atoms with Crippen LogP contribution >= 0.6 is 0 Å². The largest absolute Gasteiger partial charge is 0.353 e. The molecule has 2 rings (SSSR count). The zero-order valence-corrected chi connectivity index (χ0v) is 11.1. The Kier molecular flexibility index (Phi) is 3.76. The zero-order valence-electron chi connectivity index (χ0n) is 10.3. The highest BCUT2D eigenvalue weighted by Crippen LogP contribution is 2.24. The fourth-order valence-corrected chi connectivity index (χ4v) is 4.47. The van der Waals surface area contributed by atoms with Gasteiger partial charge in [-0.25, -0.2) is 8.42 Å². The Morgan fingerprint density at radius 3 is 2.29 bits per heavy atom. The van der Waals surface area contributed by atoms with E-state index in [1.54, 1.807) is 0 Å². The van der Waals surface area contributed by atoms with Gasteiger partial charge in [0.25, 0.3) is 0 Å². The molecule has 1 atom stereocenters. The first kappa shape index (κ1) is 12.9. The predicted molar refractivity (Wildman–Crippen MR) is 66.3 cm³/mol. The van der Waals surface area contributed by atoms with Gasteiger partial charge in [-0.15, -0.1) is 0 Å². The lowest BCUT2D eigenvalue weighted by Gasteiger charge is -2.27. The predicted octanol–water partition coefficient (Wildman–Crippen LogP) is 1.12. The fraction of sp³-hybridized carbons (Fsp3) is 0.917. The molecular formula is C12H21NO3S.